The highest BCUT2D eigenvalue weighted by atomic mass is 16.6. The van der Waals surface area contributed by atoms with Crippen molar-refractivity contribution in [2.24, 2.45) is 0 Å². The van der Waals surface area contributed by atoms with Crippen LogP contribution in [0, 0.1) is 0 Å². The predicted octanol–water partition coefficient (Wildman–Crippen LogP) is 5.37. The van der Waals surface area contributed by atoms with Crippen molar-refractivity contribution in [1.82, 2.24) is 15.5 Å². The number of hydrogen-bond acceptors (Lipinski definition) is 5. The summed E-state index contributed by atoms with van der Waals surface area (Å²) >= 11 is 0. The molecule has 0 aromatic heterocycles. The minimum absolute atomic E-state index is 0.275. The van der Waals surface area contributed by atoms with E-state index in [9.17, 15) is 19.5 Å². The normalized spacial score (nSPS) is 12.6. The second-order valence-electron chi connectivity index (χ2n) is 10.8. The van der Waals surface area contributed by atoms with Crippen LogP contribution < -0.4 is 10.6 Å². The van der Waals surface area contributed by atoms with Crippen LogP contribution in [-0.4, -0.2) is 52.7 Å². The molecule has 0 aliphatic heterocycles. The Kier molecular flexibility index (Phi) is 13.4. The minimum atomic E-state index is -1.28. The molecule has 0 saturated carbocycles. The average Bonchev–Trinajstić information content (AvgIpc) is 2.93. The molecule has 2 aromatic rings. The van der Waals surface area contributed by atoms with Crippen LogP contribution in [0.15, 0.2) is 61.2 Å². The minimum Gasteiger partial charge on any atom is -0.444 e. The summed E-state index contributed by atoms with van der Waals surface area (Å²) in [6.45, 7) is 11.0. The summed E-state index contributed by atoms with van der Waals surface area (Å²) in [4.78, 5) is 41.7. The van der Waals surface area contributed by atoms with Gasteiger partial charge in [-0.1, -0.05) is 93.8 Å². The zero-order chi connectivity index (χ0) is 29.5. The highest BCUT2D eigenvalue weighted by molar-refractivity contribution is 5.92. The fraction of sp³-hybridized carbons (Fsp3) is 0.469. The van der Waals surface area contributed by atoms with Crippen LogP contribution in [0.4, 0.5) is 4.79 Å². The van der Waals surface area contributed by atoms with Gasteiger partial charge in [0.25, 0.3) is 0 Å². The van der Waals surface area contributed by atoms with E-state index in [-0.39, 0.29) is 19.0 Å². The Morgan fingerprint density at radius 1 is 1.02 bits per heavy atom. The Hall–Kier alpha value is -3.65. The number of aliphatic hydroxyl groups is 1. The first kappa shape index (κ1) is 32.6. The van der Waals surface area contributed by atoms with Crippen LogP contribution in [0.3, 0.4) is 0 Å². The van der Waals surface area contributed by atoms with Gasteiger partial charge in [-0.25, -0.2) is 4.79 Å². The SMILES string of the molecule is C=Cc1cccc(C(C(=O)NCc2ccccc2)N(CCCCCCC)C(=O)C(CO)NC(=O)OC(C)(C)C)c1. The first-order valence-corrected chi connectivity index (χ1v) is 14.0. The highest BCUT2D eigenvalue weighted by Gasteiger charge is 2.36. The van der Waals surface area contributed by atoms with Gasteiger partial charge in [-0.15, -0.1) is 0 Å². The van der Waals surface area contributed by atoms with Gasteiger partial charge in [0.2, 0.25) is 11.8 Å². The van der Waals surface area contributed by atoms with E-state index in [2.05, 4.69) is 24.1 Å². The van der Waals surface area contributed by atoms with Gasteiger partial charge in [-0.3, -0.25) is 9.59 Å². The number of carbonyl (C=O) groups is 3. The maximum Gasteiger partial charge on any atom is 0.408 e. The van der Waals surface area contributed by atoms with E-state index >= 15 is 0 Å². The lowest BCUT2D eigenvalue weighted by Crippen LogP contribution is -2.54. The third kappa shape index (κ3) is 10.8. The Morgan fingerprint density at radius 3 is 2.35 bits per heavy atom. The third-order valence-corrected chi connectivity index (χ3v) is 6.29. The van der Waals surface area contributed by atoms with Crippen molar-refractivity contribution in [2.45, 2.75) is 84.0 Å². The van der Waals surface area contributed by atoms with Crippen LogP contribution in [-0.2, 0) is 20.9 Å². The molecule has 0 heterocycles. The number of amides is 3. The van der Waals surface area contributed by atoms with E-state index in [4.69, 9.17) is 4.74 Å². The summed E-state index contributed by atoms with van der Waals surface area (Å²) in [5.41, 5.74) is 1.56. The zero-order valence-corrected chi connectivity index (χ0v) is 24.3. The first-order chi connectivity index (χ1) is 19.1. The number of rotatable bonds is 15. The predicted molar refractivity (Wildman–Crippen MR) is 158 cm³/mol. The summed E-state index contributed by atoms with van der Waals surface area (Å²) < 4.78 is 5.31. The smallest absolute Gasteiger partial charge is 0.408 e. The molecule has 8 nitrogen and oxygen atoms in total. The molecule has 0 radical (unpaired) electrons. The maximum absolute atomic E-state index is 13.9. The monoisotopic (exact) mass is 551 g/mol. The molecular weight excluding hydrogens is 506 g/mol. The molecule has 218 valence electrons. The van der Waals surface area contributed by atoms with Gasteiger partial charge >= 0.3 is 6.09 Å². The molecule has 2 unspecified atom stereocenters. The number of nitrogens with zero attached hydrogens (tertiary/aromatic N) is 1. The van der Waals surface area contributed by atoms with Crippen LogP contribution in [0.5, 0.6) is 0 Å². The first-order valence-electron chi connectivity index (χ1n) is 14.0. The number of unbranched alkanes of at least 4 members (excludes halogenated alkanes) is 4. The third-order valence-electron chi connectivity index (χ3n) is 6.29. The fourth-order valence-corrected chi connectivity index (χ4v) is 4.30. The zero-order valence-electron chi connectivity index (χ0n) is 24.3. The van der Waals surface area contributed by atoms with Crippen molar-refractivity contribution < 1.29 is 24.2 Å². The van der Waals surface area contributed by atoms with E-state index in [1.807, 2.05) is 48.5 Å². The molecule has 0 aliphatic rings. The molecule has 3 amide bonds. The lowest BCUT2D eigenvalue weighted by atomic mass is 9.99. The second-order valence-corrected chi connectivity index (χ2v) is 10.8. The number of carbonyl (C=O) groups excluding carboxylic acids is 3. The van der Waals surface area contributed by atoms with Crippen molar-refractivity contribution in [2.75, 3.05) is 13.2 Å². The lowest BCUT2D eigenvalue weighted by Gasteiger charge is -2.34. The van der Waals surface area contributed by atoms with Crippen LogP contribution >= 0.6 is 0 Å². The van der Waals surface area contributed by atoms with Gasteiger partial charge < -0.3 is 25.4 Å². The summed E-state index contributed by atoms with van der Waals surface area (Å²) in [5, 5.41) is 15.6. The quantitative estimate of drug-likeness (QED) is 0.258. The van der Waals surface area contributed by atoms with Crippen molar-refractivity contribution in [1.29, 1.82) is 0 Å². The Balaban J connectivity index is 2.43. The Labute approximate surface area is 238 Å². The molecule has 2 aromatic carbocycles. The number of ether oxygens (including phenoxy) is 1. The Morgan fingerprint density at radius 2 is 1.73 bits per heavy atom. The molecule has 0 aliphatic carbocycles. The van der Waals surface area contributed by atoms with E-state index in [1.165, 1.54) is 4.90 Å². The van der Waals surface area contributed by atoms with Crippen molar-refractivity contribution >= 4 is 24.0 Å². The second kappa shape index (κ2) is 16.5. The Bertz CT molecular complexity index is 1100. The van der Waals surface area contributed by atoms with Crippen LogP contribution in [0.1, 0.15) is 82.5 Å². The lowest BCUT2D eigenvalue weighted by molar-refractivity contribution is -0.143. The average molecular weight is 552 g/mol. The van der Waals surface area contributed by atoms with Gasteiger partial charge in [0, 0.05) is 13.1 Å². The van der Waals surface area contributed by atoms with Crippen molar-refractivity contribution in [3.05, 3.63) is 77.9 Å². The van der Waals surface area contributed by atoms with Gasteiger partial charge in [0.1, 0.15) is 17.7 Å². The molecule has 3 N–H and O–H groups in total. The summed E-state index contributed by atoms with van der Waals surface area (Å²) in [6.07, 6.45) is 5.58. The standard InChI is InChI=1S/C32H45N3O5/c1-6-8-9-10-14-20-35(30(38)27(23-36)34-31(39)40-32(3,4)5)28(26-19-15-18-24(7-2)21-26)29(37)33-22-25-16-12-11-13-17-25/h7,11-13,15-19,21,27-28,36H,2,6,8-10,14,20,22-23H2,1,3-5H3,(H,33,37)(H,34,39). The summed E-state index contributed by atoms with van der Waals surface area (Å²) in [7, 11) is 0. The van der Waals surface area contributed by atoms with E-state index < -0.39 is 36.3 Å². The number of benzene rings is 2. The van der Waals surface area contributed by atoms with E-state index in [1.54, 1.807) is 32.9 Å². The maximum atomic E-state index is 13.9. The summed E-state index contributed by atoms with van der Waals surface area (Å²) in [6, 6.07) is 14.6. The molecule has 0 bridgehead atoms. The van der Waals surface area contributed by atoms with Crippen molar-refractivity contribution in [3.8, 4) is 0 Å². The van der Waals surface area contributed by atoms with Crippen molar-refractivity contribution in [3.63, 3.8) is 0 Å². The molecular formula is C32H45N3O5. The van der Waals surface area contributed by atoms with Gasteiger partial charge in [-0.05, 0) is 49.9 Å². The van der Waals surface area contributed by atoms with Crippen LogP contribution in [0.25, 0.3) is 6.08 Å². The molecule has 0 saturated heterocycles. The number of nitrogens with one attached hydrogen (secondary N) is 2. The molecule has 2 atom stereocenters. The number of hydrogen-bond donors (Lipinski definition) is 3. The molecule has 2 rings (SSSR count). The van der Waals surface area contributed by atoms with Crippen LogP contribution in [0.2, 0.25) is 0 Å². The molecule has 40 heavy (non-hydrogen) atoms. The van der Waals surface area contributed by atoms with Gasteiger partial charge in [0.05, 0.1) is 6.61 Å². The van der Waals surface area contributed by atoms with E-state index in [0.29, 0.717) is 12.0 Å². The molecule has 0 fully saturated rings. The molecule has 8 heteroatoms. The number of alkyl carbamates (subject to hydrolysis) is 1. The number of aliphatic hydroxyl groups excluding tert-OH is 1. The van der Waals surface area contributed by atoms with Gasteiger partial charge in [0.15, 0.2) is 0 Å². The highest BCUT2D eigenvalue weighted by Crippen LogP contribution is 2.25. The van der Waals surface area contributed by atoms with Gasteiger partial charge in [-0.2, -0.15) is 0 Å². The molecule has 0 spiro atoms. The van der Waals surface area contributed by atoms with E-state index in [0.717, 1.165) is 36.8 Å². The summed E-state index contributed by atoms with van der Waals surface area (Å²) in [5.74, 6) is -0.923. The topological polar surface area (TPSA) is 108 Å². The fourth-order valence-electron chi connectivity index (χ4n) is 4.30. The largest absolute Gasteiger partial charge is 0.444 e.